The van der Waals surface area contributed by atoms with Gasteiger partial charge in [0.1, 0.15) is 6.10 Å². The first kappa shape index (κ1) is 18.7. The lowest BCUT2D eigenvalue weighted by Crippen LogP contribution is -2.47. The van der Waals surface area contributed by atoms with E-state index in [1.165, 1.54) is 0 Å². The van der Waals surface area contributed by atoms with Gasteiger partial charge >= 0.3 is 5.97 Å². The smallest absolute Gasteiger partial charge is 0.339 e. The third-order valence-electron chi connectivity index (χ3n) is 5.33. The van der Waals surface area contributed by atoms with Gasteiger partial charge in [0, 0.05) is 12.0 Å². The summed E-state index contributed by atoms with van der Waals surface area (Å²) in [5, 5.41) is 2.85. The molecule has 7 heteroatoms. The monoisotopic (exact) mass is 399 g/mol. The number of sulfone groups is 1. The molecule has 1 N–H and O–H groups in total. The highest BCUT2D eigenvalue weighted by Gasteiger charge is 2.39. The molecule has 2 aromatic rings. The Hall–Kier alpha value is -2.67. The zero-order chi connectivity index (χ0) is 19.9. The van der Waals surface area contributed by atoms with Crippen LogP contribution in [0.4, 0.5) is 0 Å². The van der Waals surface area contributed by atoms with Crippen LogP contribution in [0.25, 0.3) is 0 Å². The van der Waals surface area contributed by atoms with Gasteiger partial charge in [-0.05, 0) is 42.7 Å². The van der Waals surface area contributed by atoms with Gasteiger partial charge < -0.3 is 10.1 Å². The SMILES string of the molecule is CC1(NC(=O)c2ccc3c(c2)CC(c2ccccc2)OC3=O)CCS(=O)(=O)C1. The Balaban J connectivity index is 1.57. The summed E-state index contributed by atoms with van der Waals surface area (Å²) >= 11 is 0. The molecule has 2 heterocycles. The van der Waals surface area contributed by atoms with Crippen LogP contribution in [-0.4, -0.2) is 37.3 Å². The molecule has 0 aromatic heterocycles. The number of esters is 1. The molecule has 2 aromatic carbocycles. The quantitative estimate of drug-likeness (QED) is 0.801. The van der Waals surface area contributed by atoms with Crippen LogP contribution in [0.15, 0.2) is 48.5 Å². The van der Waals surface area contributed by atoms with E-state index < -0.39 is 27.4 Å². The van der Waals surface area contributed by atoms with Gasteiger partial charge in [-0.2, -0.15) is 0 Å². The Bertz CT molecular complexity index is 1050. The summed E-state index contributed by atoms with van der Waals surface area (Å²) in [7, 11) is -3.12. The number of hydrogen-bond donors (Lipinski definition) is 1. The van der Waals surface area contributed by atoms with Crippen molar-refractivity contribution in [3.05, 3.63) is 70.8 Å². The van der Waals surface area contributed by atoms with Gasteiger partial charge in [0.05, 0.1) is 22.6 Å². The number of rotatable bonds is 3. The molecule has 0 spiro atoms. The summed E-state index contributed by atoms with van der Waals surface area (Å²) in [6.45, 7) is 1.75. The van der Waals surface area contributed by atoms with Crippen LogP contribution >= 0.6 is 0 Å². The molecule has 146 valence electrons. The molecule has 2 aliphatic rings. The lowest BCUT2D eigenvalue weighted by atomic mass is 9.92. The predicted octanol–water partition coefficient (Wildman–Crippen LogP) is 2.45. The molecule has 1 saturated heterocycles. The van der Waals surface area contributed by atoms with E-state index in [2.05, 4.69) is 5.32 Å². The topological polar surface area (TPSA) is 89.5 Å². The molecule has 4 rings (SSSR count). The van der Waals surface area contributed by atoms with E-state index >= 15 is 0 Å². The van der Waals surface area contributed by atoms with Crippen molar-refractivity contribution in [2.75, 3.05) is 11.5 Å². The van der Waals surface area contributed by atoms with Crippen molar-refractivity contribution >= 4 is 21.7 Å². The average molecular weight is 399 g/mol. The summed E-state index contributed by atoms with van der Waals surface area (Å²) in [5.74, 6) is -0.717. The highest BCUT2D eigenvalue weighted by Crippen LogP contribution is 2.31. The second-order valence-corrected chi connectivity index (χ2v) is 9.92. The van der Waals surface area contributed by atoms with Crippen LogP contribution in [0.1, 0.15) is 51.3 Å². The molecule has 0 radical (unpaired) electrons. The zero-order valence-corrected chi connectivity index (χ0v) is 16.3. The molecule has 2 unspecified atom stereocenters. The first-order valence-corrected chi connectivity index (χ1v) is 11.0. The van der Waals surface area contributed by atoms with Crippen LogP contribution in [0, 0.1) is 0 Å². The number of fused-ring (bicyclic) bond motifs is 1. The molecule has 0 aliphatic carbocycles. The first-order valence-electron chi connectivity index (χ1n) is 9.17. The molecule has 0 saturated carbocycles. The largest absolute Gasteiger partial charge is 0.454 e. The van der Waals surface area contributed by atoms with Gasteiger partial charge in [-0.1, -0.05) is 30.3 Å². The molecule has 2 aliphatic heterocycles. The number of carbonyl (C=O) groups is 2. The van der Waals surface area contributed by atoms with Crippen molar-refractivity contribution < 1.29 is 22.7 Å². The van der Waals surface area contributed by atoms with Crippen LogP contribution in [-0.2, 0) is 21.0 Å². The van der Waals surface area contributed by atoms with E-state index in [1.807, 2.05) is 30.3 Å². The van der Waals surface area contributed by atoms with Gasteiger partial charge in [0.15, 0.2) is 9.84 Å². The van der Waals surface area contributed by atoms with E-state index in [9.17, 15) is 18.0 Å². The van der Waals surface area contributed by atoms with Crippen molar-refractivity contribution in [3.8, 4) is 0 Å². The second kappa shape index (κ2) is 6.74. The maximum absolute atomic E-state index is 12.7. The molecule has 1 fully saturated rings. The van der Waals surface area contributed by atoms with Crippen molar-refractivity contribution in [2.45, 2.75) is 31.4 Å². The van der Waals surface area contributed by atoms with Crippen molar-refractivity contribution in [3.63, 3.8) is 0 Å². The third-order valence-corrected chi connectivity index (χ3v) is 7.24. The predicted molar refractivity (Wildman–Crippen MR) is 104 cm³/mol. The molecule has 0 bridgehead atoms. The first-order chi connectivity index (χ1) is 13.2. The maximum atomic E-state index is 12.7. The Morgan fingerprint density at radius 2 is 1.93 bits per heavy atom. The van der Waals surface area contributed by atoms with Crippen LogP contribution in [0.5, 0.6) is 0 Å². The summed E-state index contributed by atoms with van der Waals surface area (Å²) in [5.41, 5.74) is 1.75. The summed E-state index contributed by atoms with van der Waals surface area (Å²) < 4.78 is 29.1. The van der Waals surface area contributed by atoms with Gasteiger partial charge in [0.2, 0.25) is 0 Å². The third kappa shape index (κ3) is 3.67. The highest BCUT2D eigenvalue weighted by atomic mass is 32.2. The summed E-state index contributed by atoms with van der Waals surface area (Å²) in [6, 6.07) is 14.4. The zero-order valence-electron chi connectivity index (χ0n) is 15.5. The Morgan fingerprint density at radius 1 is 1.18 bits per heavy atom. The number of nitrogens with one attached hydrogen (secondary N) is 1. The van der Waals surface area contributed by atoms with E-state index in [4.69, 9.17) is 4.74 Å². The molecule has 28 heavy (non-hydrogen) atoms. The van der Waals surface area contributed by atoms with Crippen molar-refractivity contribution in [1.82, 2.24) is 5.32 Å². The Morgan fingerprint density at radius 3 is 2.61 bits per heavy atom. The van der Waals surface area contributed by atoms with Crippen LogP contribution in [0.3, 0.4) is 0 Å². The van der Waals surface area contributed by atoms with E-state index in [0.717, 1.165) is 11.1 Å². The Labute approximate surface area is 163 Å². The van der Waals surface area contributed by atoms with Crippen molar-refractivity contribution in [1.29, 1.82) is 0 Å². The van der Waals surface area contributed by atoms with Crippen molar-refractivity contribution in [2.24, 2.45) is 0 Å². The fourth-order valence-electron chi connectivity index (χ4n) is 3.85. The van der Waals surface area contributed by atoms with Gasteiger partial charge in [-0.3, -0.25) is 4.79 Å². The molecule has 6 nitrogen and oxygen atoms in total. The fourth-order valence-corrected chi connectivity index (χ4v) is 5.94. The Kier molecular flexibility index (Phi) is 4.50. The highest BCUT2D eigenvalue weighted by molar-refractivity contribution is 7.91. The number of ether oxygens (including phenoxy) is 1. The van der Waals surface area contributed by atoms with Gasteiger partial charge in [-0.25, -0.2) is 13.2 Å². The molecule has 1 amide bonds. The molecule has 2 atom stereocenters. The van der Waals surface area contributed by atoms with E-state index in [1.54, 1.807) is 25.1 Å². The number of benzene rings is 2. The fraction of sp³-hybridized carbons (Fsp3) is 0.333. The lowest BCUT2D eigenvalue weighted by Gasteiger charge is -2.26. The normalized spacial score (nSPS) is 25.6. The maximum Gasteiger partial charge on any atom is 0.339 e. The van der Waals surface area contributed by atoms with E-state index in [0.29, 0.717) is 24.0 Å². The minimum atomic E-state index is -3.12. The number of amides is 1. The van der Waals surface area contributed by atoms with Gasteiger partial charge in [0.25, 0.3) is 5.91 Å². The minimum Gasteiger partial charge on any atom is -0.454 e. The number of cyclic esters (lactones) is 1. The number of hydrogen-bond acceptors (Lipinski definition) is 5. The second-order valence-electron chi connectivity index (χ2n) is 7.74. The van der Waals surface area contributed by atoms with E-state index in [-0.39, 0.29) is 17.4 Å². The van der Waals surface area contributed by atoms with Crippen LogP contribution in [0.2, 0.25) is 0 Å². The van der Waals surface area contributed by atoms with Gasteiger partial charge in [-0.15, -0.1) is 0 Å². The standard InChI is InChI=1S/C21H21NO5S/c1-21(9-10-28(25,26)13-21)22-19(23)15-7-8-17-16(11-15)12-18(27-20(17)24)14-5-3-2-4-6-14/h2-8,11,18H,9-10,12-13H2,1H3,(H,22,23). The minimum absolute atomic E-state index is 0.0565. The average Bonchev–Trinajstić information content (AvgIpc) is 2.94. The number of carbonyl (C=O) groups excluding carboxylic acids is 2. The molecular weight excluding hydrogens is 378 g/mol. The lowest BCUT2D eigenvalue weighted by molar-refractivity contribution is 0.0252. The van der Waals surface area contributed by atoms with Crippen LogP contribution < -0.4 is 5.32 Å². The summed E-state index contributed by atoms with van der Waals surface area (Å²) in [6.07, 6.45) is 0.490. The summed E-state index contributed by atoms with van der Waals surface area (Å²) in [4.78, 5) is 25.1. The molecular formula is C21H21NO5S.